The van der Waals surface area contributed by atoms with E-state index >= 15 is 0 Å². The first kappa shape index (κ1) is 35.2. The van der Waals surface area contributed by atoms with Crippen LogP contribution >= 0.6 is 11.6 Å². The van der Waals surface area contributed by atoms with Gasteiger partial charge in [-0.25, -0.2) is 4.79 Å². The predicted molar refractivity (Wildman–Crippen MR) is 168 cm³/mol. The maximum Gasteiger partial charge on any atom is 0.410 e. The molecule has 1 aliphatic heterocycles. The Kier molecular flexibility index (Phi) is 15.6. The molecule has 1 atom stereocenters. The number of hydrogen-bond acceptors (Lipinski definition) is 5. The summed E-state index contributed by atoms with van der Waals surface area (Å²) >= 11 is 6.21. The zero-order valence-electron chi connectivity index (χ0n) is 25.8. The Labute approximate surface area is 247 Å². The lowest BCUT2D eigenvalue weighted by atomic mass is 9.90. The summed E-state index contributed by atoms with van der Waals surface area (Å²) in [7, 11) is 0. The van der Waals surface area contributed by atoms with Gasteiger partial charge in [-0.2, -0.15) is 0 Å². The average molecular weight is 573 g/mol. The summed E-state index contributed by atoms with van der Waals surface area (Å²) in [5, 5.41) is 0.677. The molecular formula is C33H49ClN2O4. The molecule has 0 N–H and O–H groups in total. The summed E-state index contributed by atoms with van der Waals surface area (Å²) in [6, 6.07) is 5.85. The van der Waals surface area contributed by atoms with Crippen molar-refractivity contribution in [3.63, 3.8) is 0 Å². The van der Waals surface area contributed by atoms with E-state index in [1.165, 1.54) is 0 Å². The van der Waals surface area contributed by atoms with Crippen molar-refractivity contribution in [2.45, 2.75) is 92.6 Å². The highest BCUT2D eigenvalue weighted by Gasteiger charge is 2.25. The number of esters is 1. The summed E-state index contributed by atoms with van der Waals surface area (Å²) in [5.41, 5.74) is 3.76. The van der Waals surface area contributed by atoms with E-state index in [1.807, 2.05) is 70.7 Å². The lowest BCUT2D eigenvalue weighted by Crippen LogP contribution is -2.41. The van der Waals surface area contributed by atoms with Crippen LogP contribution in [-0.4, -0.2) is 48.0 Å². The van der Waals surface area contributed by atoms with Crippen LogP contribution in [0.15, 0.2) is 53.7 Å². The third kappa shape index (κ3) is 13.5. The number of allylic oxidation sites excluding steroid dienone is 3. The van der Waals surface area contributed by atoms with Gasteiger partial charge in [0.15, 0.2) is 0 Å². The first-order valence-corrected chi connectivity index (χ1v) is 14.6. The van der Waals surface area contributed by atoms with Gasteiger partial charge in [0, 0.05) is 42.4 Å². The second-order valence-electron chi connectivity index (χ2n) is 11.2. The number of carbonyl (C=O) groups is 2. The zero-order chi connectivity index (χ0) is 30.3. The highest BCUT2D eigenvalue weighted by Crippen LogP contribution is 2.28. The van der Waals surface area contributed by atoms with Crippen molar-refractivity contribution in [2.24, 2.45) is 10.9 Å². The molecule has 40 heavy (non-hydrogen) atoms. The third-order valence-electron chi connectivity index (χ3n) is 6.41. The minimum atomic E-state index is -0.375. The van der Waals surface area contributed by atoms with Gasteiger partial charge in [-0.15, -0.1) is 0 Å². The van der Waals surface area contributed by atoms with Gasteiger partial charge < -0.3 is 14.4 Å². The highest BCUT2D eigenvalue weighted by molar-refractivity contribution is 6.30. The lowest BCUT2D eigenvalue weighted by Gasteiger charge is -2.32. The fourth-order valence-electron chi connectivity index (χ4n) is 4.11. The molecule has 1 aromatic rings. The quantitative estimate of drug-likeness (QED) is 0.219. The van der Waals surface area contributed by atoms with Gasteiger partial charge in [-0.3, -0.25) is 9.79 Å². The number of benzene rings is 1. The van der Waals surface area contributed by atoms with Gasteiger partial charge in [0.05, 0.1) is 6.61 Å². The fourth-order valence-corrected chi connectivity index (χ4v) is 4.29. The third-order valence-corrected chi connectivity index (χ3v) is 6.64. The summed E-state index contributed by atoms with van der Waals surface area (Å²) < 4.78 is 10.3. The Morgan fingerprint density at radius 2 is 1.88 bits per heavy atom. The van der Waals surface area contributed by atoms with E-state index in [-0.39, 0.29) is 23.6 Å². The molecule has 1 heterocycles. The molecule has 1 unspecified atom stereocenters. The average Bonchev–Trinajstić information content (AvgIpc) is 2.88. The molecule has 0 aromatic heterocycles. The first-order chi connectivity index (χ1) is 18.8. The number of hydrogen-bond donors (Lipinski definition) is 0. The number of nitrogens with zero attached hydrogens (tertiary/aromatic N) is 2. The number of ether oxygens (including phenoxy) is 2. The second-order valence-corrected chi connectivity index (χ2v) is 11.6. The Morgan fingerprint density at radius 3 is 2.42 bits per heavy atom. The molecule has 222 valence electrons. The molecule has 2 rings (SSSR count). The van der Waals surface area contributed by atoms with Crippen LogP contribution in [0.3, 0.4) is 0 Å². The van der Waals surface area contributed by atoms with Crippen molar-refractivity contribution < 1.29 is 19.1 Å². The van der Waals surface area contributed by atoms with Crippen molar-refractivity contribution in [1.29, 1.82) is 0 Å². The van der Waals surface area contributed by atoms with Crippen LogP contribution in [0.1, 0.15) is 98.1 Å². The molecule has 1 saturated heterocycles. The van der Waals surface area contributed by atoms with Crippen LogP contribution in [0.4, 0.5) is 4.79 Å². The number of piperidine rings is 1. The molecule has 6 nitrogen and oxygen atoms in total. The number of aliphatic imine (C=N–C) groups is 1. The van der Waals surface area contributed by atoms with E-state index in [9.17, 15) is 9.59 Å². The SMILES string of the molecule is C=CC(=N/C=C\C)C(C)c1ccc(Cl)cc1/C=C(\C)CCC(=O)OCC.CC1CCN(C(=O)OC(C)(C)C)CC1. The molecule has 1 amide bonds. The van der Waals surface area contributed by atoms with Gasteiger partial charge in [-0.05, 0) is 96.1 Å². The molecule has 1 aliphatic rings. The van der Waals surface area contributed by atoms with Gasteiger partial charge in [0.1, 0.15) is 5.60 Å². The minimum Gasteiger partial charge on any atom is -0.466 e. The van der Waals surface area contributed by atoms with E-state index < -0.39 is 0 Å². The summed E-state index contributed by atoms with van der Waals surface area (Å²) in [5.74, 6) is 0.645. The molecule has 0 spiro atoms. The van der Waals surface area contributed by atoms with Crippen LogP contribution in [-0.2, 0) is 14.3 Å². The maximum atomic E-state index is 11.6. The van der Waals surface area contributed by atoms with Gasteiger partial charge in [0.25, 0.3) is 0 Å². The van der Waals surface area contributed by atoms with Crippen molar-refractivity contribution in [1.82, 2.24) is 4.90 Å². The second kappa shape index (κ2) is 17.8. The predicted octanol–water partition coefficient (Wildman–Crippen LogP) is 9.00. The Hall–Kier alpha value is -2.86. The van der Waals surface area contributed by atoms with Gasteiger partial charge in [-0.1, -0.05) is 55.8 Å². The molecule has 7 heteroatoms. The number of likely N-dealkylation sites (tertiary alicyclic amines) is 1. The van der Waals surface area contributed by atoms with Crippen LogP contribution < -0.4 is 0 Å². The van der Waals surface area contributed by atoms with E-state index in [2.05, 4.69) is 31.5 Å². The number of halogens is 1. The van der Waals surface area contributed by atoms with E-state index in [1.54, 1.807) is 12.3 Å². The zero-order valence-corrected chi connectivity index (χ0v) is 26.5. The first-order valence-electron chi connectivity index (χ1n) is 14.2. The van der Waals surface area contributed by atoms with Crippen molar-refractivity contribution in [3.05, 3.63) is 64.9 Å². The normalized spacial score (nSPS) is 15.8. The molecule has 0 saturated carbocycles. The molecule has 0 radical (unpaired) electrons. The number of carbonyl (C=O) groups excluding carboxylic acids is 2. The molecule has 1 fully saturated rings. The van der Waals surface area contributed by atoms with Crippen LogP contribution in [0, 0.1) is 5.92 Å². The summed E-state index contributed by atoms with van der Waals surface area (Å²) in [6.07, 6.45) is 10.6. The topological polar surface area (TPSA) is 68.2 Å². The van der Waals surface area contributed by atoms with Crippen molar-refractivity contribution in [2.75, 3.05) is 19.7 Å². The Balaban J connectivity index is 0.000000479. The number of amides is 1. The molecular weight excluding hydrogens is 524 g/mol. The van der Waals surface area contributed by atoms with Crippen LogP contribution in [0.25, 0.3) is 6.08 Å². The largest absolute Gasteiger partial charge is 0.466 e. The standard InChI is InChI=1S/C22H28ClNO2.C11H21NO2/c1-6-13-24-21(7-2)17(5)20-11-10-19(23)15-18(20)14-16(4)9-12-22(25)26-8-3;1-9-5-7-12(8-6-9)10(13)14-11(2,3)4/h6-7,10-11,13-15,17H,2,8-9,12H2,1,3-5H3;9H,5-8H2,1-4H3/b13-6-,16-14+,24-21?;. The smallest absolute Gasteiger partial charge is 0.410 e. The summed E-state index contributed by atoms with van der Waals surface area (Å²) in [4.78, 5) is 29.5. The Morgan fingerprint density at radius 1 is 1.23 bits per heavy atom. The summed E-state index contributed by atoms with van der Waals surface area (Å²) in [6.45, 7) is 21.8. The molecule has 0 aliphatic carbocycles. The lowest BCUT2D eigenvalue weighted by molar-refractivity contribution is -0.143. The number of rotatable bonds is 9. The van der Waals surface area contributed by atoms with Crippen molar-refractivity contribution in [3.8, 4) is 0 Å². The van der Waals surface area contributed by atoms with Crippen LogP contribution in [0.2, 0.25) is 5.02 Å². The highest BCUT2D eigenvalue weighted by atomic mass is 35.5. The van der Waals surface area contributed by atoms with Gasteiger partial charge in [0.2, 0.25) is 0 Å². The van der Waals surface area contributed by atoms with E-state index in [0.717, 1.165) is 54.3 Å². The molecule has 1 aromatic carbocycles. The molecule has 0 bridgehead atoms. The monoisotopic (exact) mass is 572 g/mol. The fraction of sp³-hybridized carbons (Fsp3) is 0.545. The maximum absolute atomic E-state index is 11.6. The van der Waals surface area contributed by atoms with Gasteiger partial charge >= 0.3 is 12.1 Å². The van der Waals surface area contributed by atoms with E-state index in [4.69, 9.17) is 21.1 Å². The van der Waals surface area contributed by atoms with Crippen LogP contribution in [0.5, 0.6) is 0 Å². The Bertz CT molecular complexity index is 1060. The minimum absolute atomic E-state index is 0.0741. The van der Waals surface area contributed by atoms with E-state index in [0.29, 0.717) is 24.5 Å². The van der Waals surface area contributed by atoms with Crippen molar-refractivity contribution >= 4 is 35.5 Å².